The van der Waals surface area contributed by atoms with E-state index in [1.165, 1.54) is 12.1 Å². The van der Waals surface area contributed by atoms with E-state index in [2.05, 4.69) is 14.4 Å². The van der Waals surface area contributed by atoms with Crippen LogP contribution in [0.25, 0.3) is 10.6 Å². The lowest BCUT2D eigenvalue weighted by molar-refractivity contribution is -0.155. The monoisotopic (exact) mass is 575 g/mol. The number of thiophene rings is 1. The van der Waals surface area contributed by atoms with Crippen molar-refractivity contribution in [1.29, 1.82) is 0 Å². The number of aryl methyl sites for hydroxylation is 1. The molecule has 1 fully saturated rings. The van der Waals surface area contributed by atoms with E-state index in [0.29, 0.717) is 19.3 Å². The Morgan fingerprint density at radius 2 is 1.79 bits per heavy atom. The van der Waals surface area contributed by atoms with Crippen LogP contribution in [0.2, 0.25) is 0 Å². The fourth-order valence-corrected chi connectivity index (χ4v) is 6.05. The van der Waals surface area contributed by atoms with Gasteiger partial charge in [-0.2, -0.15) is 13.2 Å². The highest BCUT2D eigenvalue weighted by molar-refractivity contribution is 7.91. The van der Waals surface area contributed by atoms with Gasteiger partial charge in [-0.15, -0.1) is 11.3 Å². The highest BCUT2D eigenvalue weighted by Crippen LogP contribution is 2.42. The van der Waals surface area contributed by atoms with Gasteiger partial charge in [-0.3, -0.25) is 4.79 Å². The molecular weight excluding hydrogens is 551 g/mol. The lowest BCUT2D eigenvalue weighted by Crippen LogP contribution is -2.26. The third kappa shape index (κ3) is 7.79. The standard InChI is InChI=1S/C22H22F3N3O4S2.CH2O3/c1-28(2)20(29)9-5-13-3-6-14(7-4-13)15-11-16(15)27-34(30,31)21-10-8-18(33-21)17-12-19(32-26-17)22(23,24)25;2-1(3)4/h3-4,6-8,10,12,15-16,27H,5,9,11H2,1-2H3;(H2,2,3,4)/t15-,16+;/m1./s1. The number of carboxylic acid groups (broad SMARTS) is 2. The van der Waals surface area contributed by atoms with Crippen molar-refractivity contribution in [3.8, 4) is 10.6 Å². The van der Waals surface area contributed by atoms with Gasteiger partial charge < -0.3 is 19.6 Å². The second-order valence-corrected chi connectivity index (χ2v) is 11.6. The molecule has 1 aliphatic rings. The first-order valence-corrected chi connectivity index (χ1v) is 13.3. The van der Waals surface area contributed by atoms with Gasteiger partial charge in [0.15, 0.2) is 0 Å². The predicted molar refractivity (Wildman–Crippen MR) is 130 cm³/mol. The molecule has 4 rings (SSSR count). The summed E-state index contributed by atoms with van der Waals surface area (Å²) in [6.07, 6.45) is -4.79. The van der Waals surface area contributed by atoms with Crippen molar-refractivity contribution >= 4 is 33.4 Å². The van der Waals surface area contributed by atoms with E-state index in [0.717, 1.165) is 28.5 Å². The number of nitrogens with one attached hydrogen (secondary N) is 1. The van der Waals surface area contributed by atoms with Crippen molar-refractivity contribution in [2.24, 2.45) is 0 Å². The fraction of sp³-hybridized carbons (Fsp3) is 0.348. The average molecular weight is 576 g/mol. The van der Waals surface area contributed by atoms with E-state index in [4.69, 9.17) is 15.0 Å². The molecular formula is C23H24F3N3O7S2. The zero-order valence-electron chi connectivity index (χ0n) is 20.1. The van der Waals surface area contributed by atoms with Crippen LogP contribution in [0, 0.1) is 0 Å². The normalized spacial score (nSPS) is 16.9. The topological polar surface area (TPSA) is 150 Å². The minimum Gasteiger partial charge on any atom is -0.450 e. The van der Waals surface area contributed by atoms with Gasteiger partial charge >= 0.3 is 12.3 Å². The first-order chi connectivity index (χ1) is 17.7. The van der Waals surface area contributed by atoms with Crippen LogP contribution in [-0.2, 0) is 27.4 Å². The molecule has 1 aliphatic carbocycles. The van der Waals surface area contributed by atoms with Crippen LogP contribution in [0.5, 0.6) is 0 Å². The summed E-state index contributed by atoms with van der Waals surface area (Å²) in [7, 11) is -0.401. The van der Waals surface area contributed by atoms with E-state index in [1.54, 1.807) is 19.0 Å². The van der Waals surface area contributed by atoms with Crippen LogP contribution in [0.1, 0.15) is 35.6 Å². The van der Waals surface area contributed by atoms with E-state index in [-0.39, 0.29) is 32.6 Å². The Morgan fingerprint density at radius 3 is 2.34 bits per heavy atom. The maximum atomic E-state index is 12.8. The first-order valence-electron chi connectivity index (χ1n) is 11.0. The number of nitrogens with zero attached hydrogens (tertiary/aromatic N) is 2. The minimum atomic E-state index is -4.66. The quantitative estimate of drug-likeness (QED) is 0.355. The number of alkyl halides is 3. The molecule has 0 radical (unpaired) electrons. The molecule has 3 N–H and O–H groups in total. The Hall–Kier alpha value is -3.43. The Labute approximate surface area is 219 Å². The van der Waals surface area contributed by atoms with Crippen molar-refractivity contribution < 1.29 is 45.9 Å². The average Bonchev–Trinajstić information content (AvgIpc) is 3.21. The molecule has 0 aliphatic heterocycles. The van der Waals surface area contributed by atoms with Crippen molar-refractivity contribution in [1.82, 2.24) is 14.8 Å². The van der Waals surface area contributed by atoms with Crippen LogP contribution < -0.4 is 4.72 Å². The molecule has 0 saturated heterocycles. The summed E-state index contributed by atoms with van der Waals surface area (Å²) < 4.78 is 70.6. The van der Waals surface area contributed by atoms with Gasteiger partial charge in [0.25, 0.3) is 0 Å². The van der Waals surface area contributed by atoms with E-state index in [9.17, 15) is 26.4 Å². The highest BCUT2D eigenvalue weighted by atomic mass is 32.2. The molecule has 2 aromatic heterocycles. The number of rotatable bonds is 8. The number of carbonyl (C=O) groups excluding carboxylic acids is 1. The van der Waals surface area contributed by atoms with Crippen LogP contribution in [0.3, 0.4) is 0 Å². The molecule has 0 spiro atoms. The lowest BCUT2D eigenvalue weighted by Gasteiger charge is -2.10. The molecule has 0 unspecified atom stereocenters. The summed E-state index contributed by atoms with van der Waals surface area (Å²) in [5.74, 6) is -1.15. The summed E-state index contributed by atoms with van der Waals surface area (Å²) in [5, 5.41) is 17.3. The number of carbonyl (C=O) groups is 2. The predicted octanol–water partition coefficient (Wildman–Crippen LogP) is 4.50. The fourth-order valence-electron chi connectivity index (χ4n) is 3.48. The minimum absolute atomic E-state index is 0.00869. The third-order valence-electron chi connectivity index (χ3n) is 5.52. The first kappa shape index (κ1) is 29.1. The molecule has 3 aromatic rings. The highest BCUT2D eigenvalue weighted by Gasteiger charge is 2.42. The second-order valence-electron chi connectivity index (χ2n) is 8.58. The summed E-state index contributed by atoms with van der Waals surface area (Å²) in [4.78, 5) is 22.1. The molecule has 15 heteroatoms. The Kier molecular flexibility index (Phi) is 8.84. The Bertz CT molecular complexity index is 1380. The number of hydrogen-bond acceptors (Lipinski definition) is 7. The van der Waals surface area contributed by atoms with E-state index >= 15 is 0 Å². The third-order valence-corrected chi connectivity index (χ3v) is 8.61. The molecule has 2 atom stereocenters. The molecule has 206 valence electrons. The number of hydrogen-bond donors (Lipinski definition) is 3. The SMILES string of the molecule is CN(C)C(=O)CCc1ccc([C@H]2C[C@@H]2NS(=O)(=O)c2ccc(-c3cc(C(F)(F)F)on3)s2)cc1.O=C(O)O. The van der Waals surface area contributed by atoms with Crippen LogP contribution >= 0.6 is 11.3 Å². The molecule has 0 bridgehead atoms. The molecule has 38 heavy (non-hydrogen) atoms. The van der Waals surface area contributed by atoms with Gasteiger partial charge in [-0.25, -0.2) is 17.9 Å². The second kappa shape index (κ2) is 11.5. The lowest BCUT2D eigenvalue weighted by atomic mass is 10.0. The Morgan fingerprint density at radius 1 is 1.16 bits per heavy atom. The van der Waals surface area contributed by atoms with Crippen LogP contribution in [0.15, 0.2) is 51.2 Å². The maximum Gasteiger partial charge on any atom is 0.503 e. The molecule has 10 nitrogen and oxygen atoms in total. The summed E-state index contributed by atoms with van der Waals surface area (Å²) in [6.45, 7) is 0. The van der Waals surface area contributed by atoms with Gasteiger partial charge in [0.2, 0.25) is 21.7 Å². The molecule has 1 aromatic carbocycles. The summed E-state index contributed by atoms with van der Waals surface area (Å²) in [5.41, 5.74) is 1.96. The number of halogens is 3. The zero-order chi connectivity index (χ0) is 28.3. The molecule has 2 heterocycles. The van der Waals surface area contributed by atoms with Crippen molar-refractivity contribution in [3.05, 3.63) is 59.4 Å². The largest absolute Gasteiger partial charge is 0.503 e. The van der Waals surface area contributed by atoms with E-state index in [1.807, 2.05) is 24.3 Å². The molecule has 1 amide bonds. The smallest absolute Gasteiger partial charge is 0.450 e. The van der Waals surface area contributed by atoms with E-state index < -0.39 is 28.1 Å². The van der Waals surface area contributed by atoms with Crippen molar-refractivity contribution in [3.63, 3.8) is 0 Å². The van der Waals surface area contributed by atoms with Crippen molar-refractivity contribution in [2.45, 2.75) is 41.6 Å². The summed E-state index contributed by atoms with van der Waals surface area (Å²) >= 11 is 0.824. The van der Waals surface area contributed by atoms with Gasteiger partial charge in [0.1, 0.15) is 9.90 Å². The van der Waals surface area contributed by atoms with Gasteiger partial charge in [-0.1, -0.05) is 29.4 Å². The number of sulfonamides is 1. The number of benzene rings is 1. The maximum absolute atomic E-state index is 12.8. The zero-order valence-corrected chi connectivity index (χ0v) is 21.7. The van der Waals surface area contributed by atoms with Gasteiger partial charge in [-0.05, 0) is 36.1 Å². The summed E-state index contributed by atoms with van der Waals surface area (Å²) in [6, 6.07) is 11.0. The van der Waals surface area contributed by atoms with Crippen molar-refractivity contribution in [2.75, 3.05) is 14.1 Å². The van der Waals surface area contributed by atoms with Gasteiger partial charge in [0, 0.05) is 38.5 Å². The molecule has 1 saturated carbocycles. The number of amides is 1. The van der Waals surface area contributed by atoms with Crippen LogP contribution in [-0.4, -0.2) is 60.9 Å². The number of aromatic nitrogens is 1. The van der Waals surface area contributed by atoms with Crippen LogP contribution in [0.4, 0.5) is 18.0 Å². The van der Waals surface area contributed by atoms with Gasteiger partial charge in [0.05, 0.1) is 4.88 Å². The Balaban J connectivity index is 0.000000934.